The van der Waals surface area contributed by atoms with Gasteiger partial charge in [-0.1, -0.05) is 35.9 Å². The smallest absolute Gasteiger partial charge is 0.273 e. The molecule has 0 spiro atoms. The molecule has 0 atom stereocenters. The number of nitrogens with one attached hydrogen (secondary N) is 1. The summed E-state index contributed by atoms with van der Waals surface area (Å²) in [6.45, 7) is 4.47. The van der Waals surface area contributed by atoms with Crippen molar-refractivity contribution in [3.8, 4) is 0 Å². The molecule has 2 aromatic rings. The lowest BCUT2D eigenvalue weighted by Crippen LogP contribution is -2.36. The third kappa shape index (κ3) is 3.31. The van der Waals surface area contributed by atoms with Gasteiger partial charge in [0.1, 0.15) is 0 Å². The van der Waals surface area contributed by atoms with E-state index >= 15 is 0 Å². The molecule has 0 heterocycles. The number of hydrogen-bond donors (Lipinski definition) is 1. The van der Waals surface area contributed by atoms with E-state index in [2.05, 4.69) is 5.43 Å². The van der Waals surface area contributed by atoms with E-state index in [-0.39, 0.29) is 5.91 Å². The van der Waals surface area contributed by atoms with Crippen LogP contribution < -0.4 is 5.43 Å². The first-order chi connectivity index (χ1) is 9.61. The monoisotopic (exact) mass is 288 g/mol. The number of rotatable bonds is 4. The van der Waals surface area contributed by atoms with Crippen LogP contribution in [0.4, 0.5) is 5.69 Å². The molecule has 3 nitrogen and oxygen atoms in total. The number of carbonyl (C=O) groups excluding carboxylic acids is 1. The van der Waals surface area contributed by atoms with Crippen molar-refractivity contribution in [1.29, 1.82) is 0 Å². The average molecular weight is 289 g/mol. The van der Waals surface area contributed by atoms with Crippen molar-refractivity contribution in [1.82, 2.24) is 5.01 Å². The van der Waals surface area contributed by atoms with Gasteiger partial charge >= 0.3 is 0 Å². The second-order valence-corrected chi connectivity index (χ2v) is 4.92. The molecule has 0 aliphatic rings. The zero-order chi connectivity index (χ0) is 14.5. The third-order valence-corrected chi connectivity index (χ3v) is 3.28. The molecule has 104 valence electrons. The van der Waals surface area contributed by atoms with E-state index in [1.807, 2.05) is 44.2 Å². The fraction of sp³-hybridized carbons (Fsp3) is 0.188. The average Bonchev–Trinajstić information content (AvgIpc) is 2.44. The fourth-order valence-electron chi connectivity index (χ4n) is 1.92. The van der Waals surface area contributed by atoms with E-state index in [4.69, 9.17) is 11.6 Å². The maximum atomic E-state index is 12.5. The van der Waals surface area contributed by atoms with Gasteiger partial charge in [0.15, 0.2) is 0 Å². The first-order valence-corrected chi connectivity index (χ1v) is 6.89. The molecule has 4 heteroatoms. The predicted octanol–water partition coefficient (Wildman–Crippen LogP) is 4.14. The molecule has 2 rings (SSSR count). The van der Waals surface area contributed by atoms with Crippen LogP contribution in [-0.2, 0) is 0 Å². The first kappa shape index (κ1) is 14.4. The van der Waals surface area contributed by atoms with E-state index in [1.165, 1.54) is 0 Å². The lowest BCUT2D eigenvalue weighted by Gasteiger charge is -2.23. The molecule has 0 aliphatic heterocycles. The van der Waals surface area contributed by atoms with Crippen LogP contribution in [0, 0.1) is 6.92 Å². The summed E-state index contributed by atoms with van der Waals surface area (Å²) in [4.78, 5) is 12.5. The zero-order valence-corrected chi connectivity index (χ0v) is 12.3. The second kappa shape index (κ2) is 6.44. The number of hydrogen-bond acceptors (Lipinski definition) is 2. The van der Waals surface area contributed by atoms with Gasteiger partial charge in [-0.05, 0) is 43.7 Å². The Balaban J connectivity index is 2.20. The van der Waals surface area contributed by atoms with Crippen LogP contribution in [0.15, 0.2) is 48.5 Å². The summed E-state index contributed by atoms with van der Waals surface area (Å²) in [5, 5.41) is 2.01. The lowest BCUT2D eigenvalue weighted by molar-refractivity contribution is 0.0801. The highest BCUT2D eigenvalue weighted by Crippen LogP contribution is 2.18. The van der Waals surface area contributed by atoms with Crippen molar-refractivity contribution in [2.24, 2.45) is 0 Å². The third-order valence-electron chi connectivity index (χ3n) is 2.95. The van der Waals surface area contributed by atoms with Crippen LogP contribution in [0.3, 0.4) is 0 Å². The molecule has 0 unspecified atom stereocenters. The number of anilines is 1. The van der Waals surface area contributed by atoms with Gasteiger partial charge in [0.05, 0.1) is 16.3 Å². The summed E-state index contributed by atoms with van der Waals surface area (Å²) < 4.78 is 0. The molecule has 1 amide bonds. The van der Waals surface area contributed by atoms with Crippen molar-refractivity contribution in [2.75, 3.05) is 12.0 Å². The van der Waals surface area contributed by atoms with E-state index < -0.39 is 0 Å². The molecule has 0 radical (unpaired) electrons. The number of benzene rings is 2. The zero-order valence-electron chi connectivity index (χ0n) is 11.6. The number of hydrazine groups is 1. The van der Waals surface area contributed by atoms with E-state index in [9.17, 15) is 4.79 Å². The van der Waals surface area contributed by atoms with Crippen molar-refractivity contribution in [2.45, 2.75) is 13.8 Å². The van der Waals surface area contributed by atoms with Gasteiger partial charge < -0.3 is 0 Å². The normalized spacial score (nSPS) is 10.2. The molecule has 2 aromatic carbocycles. The van der Waals surface area contributed by atoms with Gasteiger partial charge in [-0.3, -0.25) is 15.2 Å². The summed E-state index contributed by atoms with van der Waals surface area (Å²) in [6.07, 6.45) is 0. The number of carbonyl (C=O) groups is 1. The van der Waals surface area contributed by atoms with Crippen LogP contribution in [0.1, 0.15) is 22.8 Å². The summed E-state index contributed by atoms with van der Waals surface area (Å²) in [5.41, 5.74) is 5.63. The molecular weight excluding hydrogens is 272 g/mol. The Morgan fingerprint density at radius 2 is 1.95 bits per heavy atom. The Kier molecular flexibility index (Phi) is 4.64. The van der Waals surface area contributed by atoms with Gasteiger partial charge in [-0.15, -0.1) is 0 Å². The summed E-state index contributed by atoms with van der Waals surface area (Å²) in [6, 6.07) is 14.9. The minimum Gasteiger partial charge on any atom is -0.296 e. The molecular formula is C16H17ClN2O. The lowest BCUT2D eigenvalue weighted by atomic mass is 10.2. The minimum absolute atomic E-state index is 0.139. The van der Waals surface area contributed by atoms with Crippen molar-refractivity contribution < 1.29 is 4.79 Å². The van der Waals surface area contributed by atoms with Crippen LogP contribution in [0.25, 0.3) is 0 Å². The van der Waals surface area contributed by atoms with Gasteiger partial charge in [0, 0.05) is 6.54 Å². The number of aryl methyl sites for hydroxylation is 1. The topological polar surface area (TPSA) is 32.3 Å². The molecule has 0 saturated carbocycles. The summed E-state index contributed by atoms with van der Waals surface area (Å²) in [5.74, 6) is -0.139. The molecule has 0 aromatic heterocycles. The van der Waals surface area contributed by atoms with Crippen LogP contribution in [0.2, 0.25) is 5.02 Å². The van der Waals surface area contributed by atoms with Crippen LogP contribution >= 0.6 is 11.6 Å². The number of halogens is 1. The fourth-order valence-corrected chi connectivity index (χ4v) is 2.14. The van der Waals surface area contributed by atoms with E-state index in [0.717, 1.165) is 11.3 Å². The van der Waals surface area contributed by atoms with Gasteiger partial charge in [-0.2, -0.15) is 0 Å². The maximum absolute atomic E-state index is 12.5. The maximum Gasteiger partial charge on any atom is 0.273 e. The van der Waals surface area contributed by atoms with Crippen LogP contribution in [-0.4, -0.2) is 17.5 Å². The van der Waals surface area contributed by atoms with Crippen molar-refractivity contribution >= 4 is 23.2 Å². The minimum atomic E-state index is -0.139. The first-order valence-electron chi connectivity index (χ1n) is 6.51. The molecule has 0 aliphatic carbocycles. The number of amides is 1. The van der Waals surface area contributed by atoms with Gasteiger partial charge in [0.2, 0.25) is 0 Å². The second-order valence-electron chi connectivity index (χ2n) is 4.51. The van der Waals surface area contributed by atoms with Gasteiger partial charge in [-0.25, -0.2) is 0 Å². The molecule has 0 fully saturated rings. The quantitative estimate of drug-likeness (QED) is 0.858. The molecule has 20 heavy (non-hydrogen) atoms. The van der Waals surface area contributed by atoms with Crippen LogP contribution in [0.5, 0.6) is 0 Å². The SMILES string of the molecule is CCN(Nc1cccc(C)c1)C(=O)c1ccccc1Cl. The highest BCUT2D eigenvalue weighted by Gasteiger charge is 2.16. The Hall–Kier alpha value is -2.00. The van der Waals surface area contributed by atoms with Gasteiger partial charge in [0.25, 0.3) is 5.91 Å². The Bertz CT molecular complexity index is 613. The van der Waals surface area contributed by atoms with E-state index in [1.54, 1.807) is 23.2 Å². The predicted molar refractivity (Wildman–Crippen MR) is 83.0 cm³/mol. The van der Waals surface area contributed by atoms with Crippen molar-refractivity contribution in [3.05, 3.63) is 64.7 Å². The number of nitrogens with zero attached hydrogens (tertiary/aromatic N) is 1. The largest absolute Gasteiger partial charge is 0.296 e. The molecule has 1 N–H and O–H groups in total. The Morgan fingerprint density at radius 1 is 1.20 bits per heavy atom. The highest BCUT2D eigenvalue weighted by molar-refractivity contribution is 6.33. The summed E-state index contributed by atoms with van der Waals surface area (Å²) in [7, 11) is 0. The Morgan fingerprint density at radius 3 is 2.60 bits per heavy atom. The standard InChI is InChI=1S/C16H17ClN2O/c1-3-19(18-13-8-6-7-12(2)11-13)16(20)14-9-4-5-10-15(14)17/h4-11,18H,3H2,1-2H3. The Labute approximate surface area is 124 Å². The van der Waals surface area contributed by atoms with E-state index in [0.29, 0.717) is 17.1 Å². The molecule has 0 saturated heterocycles. The van der Waals surface area contributed by atoms with Crippen molar-refractivity contribution in [3.63, 3.8) is 0 Å². The summed E-state index contributed by atoms with van der Waals surface area (Å²) >= 11 is 6.07. The molecule has 0 bridgehead atoms. The highest BCUT2D eigenvalue weighted by atomic mass is 35.5.